The standard InChI is InChI=1S/C17H21N3O2/c1-11(2)15-8-17(22)20(10-18-15)9-16(21)19-14-6-5-12(3)13(4)7-14/h5-8,10-11H,9H2,1-4H3,(H,19,21). The lowest BCUT2D eigenvalue weighted by molar-refractivity contribution is -0.116. The van der Waals surface area contributed by atoms with Gasteiger partial charge in [0.05, 0.1) is 12.0 Å². The predicted octanol–water partition coefficient (Wildman–Crippen LogP) is 2.62. The van der Waals surface area contributed by atoms with Gasteiger partial charge in [-0.15, -0.1) is 0 Å². The van der Waals surface area contributed by atoms with Crippen molar-refractivity contribution in [3.63, 3.8) is 0 Å². The molecule has 1 aromatic carbocycles. The summed E-state index contributed by atoms with van der Waals surface area (Å²) in [5.74, 6) is -0.0591. The van der Waals surface area contributed by atoms with Crippen molar-refractivity contribution < 1.29 is 4.79 Å². The largest absolute Gasteiger partial charge is 0.325 e. The SMILES string of the molecule is Cc1ccc(NC(=O)Cn2cnc(C(C)C)cc2=O)cc1C. The second kappa shape index (κ2) is 6.56. The minimum absolute atomic E-state index is 0.0445. The van der Waals surface area contributed by atoms with Gasteiger partial charge < -0.3 is 5.32 Å². The molecule has 0 fully saturated rings. The third-order valence-electron chi connectivity index (χ3n) is 3.60. The zero-order chi connectivity index (χ0) is 16.3. The van der Waals surface area contributed by atoms with Crippen molar-refractivity contribution in [2.45, 2.75) is 40.2 Å². The Balaban J connectivity index is 2.09. The van der Waals surface area contributed by atoms with Crippen LogP contribution in [0, 0.1) is 13.8 Å². The topological polar surface area (TPSA) is 64.0 Å². The number of carbonyl (C=O) groups is 1. The Bertz CT molecular complexity index is 748. The smallest absolute Gasteiger partial charge is 0.254 e. The van der Waals surface area contributed by atoms with Gasteiger partial charge in [-0.05, 0) is 43.0 Å². The van der Waals surface area contributed by atoms with Gasteiger partial charge in [-0.3, -0.25) is 14.2 Å². The van der Waals surface area contributed by atoms with E-state index in [0.29, 0.717) is 0 Å². The fourth-order valence-corrected chi connectivity index (χ4v) is 2.05. The average molecular weight is 299 g/mol. The van der Waals surface area contributed by atoms with Crippen molar-refractivity contribution in [3.8, 4) is 0 Å². The van der Waals surface area contributed by atoms with Crippen LogP contribution in [0.1, 0.15) is 36.6 Å². The summed E-state index contributed by atoms with van der Waals surface area (Å²) in [6.45, 7) is 7.90. The Hall–Kier alpha value is -2.43. The molecule has 2 rings (SSSR count). The van der Waals surface area contributed by atoms with E-state index in [0.717, 1.165) is 16.9 Å². The summed E-state index contributed by atoms with van der Waals surface area (Å²) in [5, 5.41) is 2.80. The highest BCUT2D eigenvalue weighted by Gasteiger charge is 2.08. The van der Waals surface area contributed by atoms with Gasteiger partial charge in [0.1, 0.15) is 6.54 Å². The van der Waals surface area contributed by atoms with Gasteiger partial charge >= 0.3 is 0 Å². The maximum atomic E-state index is 12.1. The molecule has 0 radical (unpaired) electrons. The molecule has 1 amide bonds. The molecule has 0 unspecified atom stereocenters. The summed E-state index contributed by atoms with van der Waals surface area (Å²) in [6.07, 6.45) is 1.43. The molecule has 0 saturated heterocycles. The number of hydrogen-bond acceptors (Lipinski definition) is 3. The van der Waals surface area contributed by atoms with E-state index in [-0.39, 0.29) is 23.9 Å². The Kier molecular flexibility index (Phi) is 4.75. The van der Waals surface area contributed by atoms with Crippen LogP contribution in [-0.2, 0) is 11.3 Å². The van der Waals surface area contributed by atoms with Gasteiger partial charge in [0.2, 0.25) is 5.91 Å². The van der Waals surface area contributed by atoms with Crippen LogP contribution in [0.4, 0.5) is 5.69 Å². The number of anilines is 1. The van der Waals surface area contributed by atoms with Gasteiger partial charge in [-0.1, -0.05) is 19.9 Å². The number of rotatable bonds is 4. The molecule has 2 aromatic rings. The predicted molar refractivity (Wildman–Crippen MR) is 87.1 cm³/mol. The molecule has 0 saturated carbocycles. The van der Waals surface area contributed by atoms with Crippen LogP contribution < -0.4 is 10.9 Å². The van der Waals surface area contributed by atoms with Gasteiger partial charge in [0, 0.05) is 11.8 Å². The Morgan fingerprint density at radius 1 is 1.23 bits per heavy atom. The molecule has 116 valence electrons. The van der Waals surface area contributed by atoms with E-state index in [1.54, 1.807) is 0 Å². The van der Waals surface area contributed by atoms with E-state index < -0.39 is 0 Å². The molecular formula is C17H21N3O2. The fraction of sp³-hybridized carbons (Fsp3) is 0.353. The maximum Gasteiger partial charge on any atom is 0.254 e. The molecule has 22 heavy (non-hydrogen) atoms. The van der Waals surface area contributed by atoms with Crippen molar-refractivity contribution in [1.82, 2.24) is 9.55 Å². The number of benzene rings is 1. The first kappa shape index (κ1) is 15.9. The molecule has 5 nitrogen and oxygen atoms in total. The van der Waals surface area contributed by atoms with E-state index in [2.05, 4.69) is 10.3 Å². The van der Waals surface area contributed by atoms with Crippen LogP contribution in [0.5, 0.6) is 0 Å². The van der Waals surface area contributed by atoms with E-state index in [1.165, 1.54) is 22.5 Å². The van der Waals surface area contributed by atoms with Crippen LogP contribution >= 0.6 is 0 Å². The second-order valence-corrected chi connectivity index (χ2v) is 5.78. The summed E-state index contributed by atoms with van der Waals surface area (Å²) < 4.78 is 1.31. The average Bonchev–Trinajstić information content (AvgIpc) is 2.45. The van der Waals surface area contributed by atoms with E-state index in [1.807, 2.05) is 45.9 Å². The van der Waals surface area contributed by atoms with Gasteiger partial charge in [0.15, 0.2) is 0 Å². The first-order valence-electron chi connectivity index (χ1n) is 7.30. The van der Waals surface area contributed by atoms with Crippen molar-refractivity contribution in [2.75, 3.05) is 5.32 Å². The van der Waals surface area contributed by atoms with Gasteiger partial charge in [0.25, 0.3) is 5.56 Å². The Morgan fingerprint density at radius 3 is 2.55 bits per heavy atom. The highest BCUT2D eigenvalue weighted by molar-refractivity contribution is 5.90. The zero-order valence-electron chi connectivity index (χ0n) is 13.4. The zero-order valence-corrected chi connectivity index (χ0v) is 13.4. The molecule has 1 N–H and O–H groups in total. The first-order valence-corrected chi connectivity index (χ1v) is 7.30. The minimum Gasteiger partial charge on any atom is -0.325 e. The third-order valence-corrected chi connectivity index (χ3v) is 3.60. The van der Waals surface area contributed by atoms with Crippen molar-refractivity contribution in [1.29, 1.82) is 0 Å². The number of hydrogen-bond donors (Lipinski definition) is 1. The fourth-order valence-electron chi connectivity index (χ4n) is 2.05. The van der Waals surface area contributed by atoms with E-state index in [4.69, 9.17) is 0 Å². The molecule has 0 spiro atoms. The number of aryl methyl sites for hydroxylation is 2. The highest BCUT2D eigenvalue weighted by Crippen LogP contribution is 2.14. The number of amides is 1. The lowest BCUT2D eigenvalue weighted by Crippen LogP contribution is -2.28. The monoisotopic (exact) mass is 299 g/mol. The summed E-state index contributed by atoms with van der Waals surface area (Å²) in [4.78, 5) is 28.2. The first-order chi connectivity index (χ1) is 10.4. The van der Waals surface area contributed by atoms with E-state index >= 15 is 0 Å². The van der Waals surface area contributed by atoms with Crippen LogP contribution in [0.15, 0.2) is 35.4 Å². The lowest BCUT2D eigenvalue weighted by atomic mass is 10.1. The van der Waals surface area contributed by atoms with Crippen LogP contribution in [0.25, 0.3) is 0 Å². The summed E-state index contributed by atoms with van der Waals surface area (Å²) in [6, 6.07) is 7.20. The summed E-state index contributed by atoms with van der Waals surface area (Å²) >= 11 is 0. The molecule has 1 heterocycles. The minimum atomic E-state index is -0.246. The number of aromatic nitrogens is 2. The van der Waals surface area contributed by atoms with Gasteiger partial charge in [-0.2, -0.15) is 0 Å². The second-order valence-electron chi connectivity index (χ2n) is 5.78. The summed E-state index contributed by atoms with van der Waals surface area (Å²) in [5.41, 5.74) is 3.53. The number of nitrogens with zero attached hydrogens (tertiary/aromatic N) is 2. The molecule has 0 aliphatic heterocycles. The van der Waals surface area contributed by atoms with Crippen LogP contribution in [-0.4, -0.2) is 15.5 Å². The quantitative estimate of drug-likeness (QED) is 0.944. The third kappa shape index (κ3) is 3.81. The molecule has 5 heteroatoms. The highest BCUT2D eigenvalue weighted by atomic mass is 16.2. The Labute approximate surface area is 130 Å². The Morgan fingerprint density at radius 2 is 1.95 bits per heavy atom. The normalized spacial score (nSPS) is 10.8. The molecule has 0 atom stereocenters. The molecular weight excluding hydrogens is 278 g/mol. The van der Waals surface area contributed by atoms with Crippen molar-refractivity contribution >= 4 is 11.6 Å². The van der Waals surface area contributed by atoms with Gasteiger partial charge in [-0.25, -0.2) is 4.98 Å². The van der Waals surface area contributed by atoms with E-state index in [9.17, 15) is 9.59 Å². The number of nitrogens with one attached hydrogen (secondary N) is 1. The van der Waals surface area contributed by atoms with Crippen LogP contribution in [0.3, 0.4) is 0 Å². The molecule has 0 aliphatic carbocycles. The lowest BCUT2D eigenvalue weighted by Gasteiger charge is -2.10. The molecule has 0 bridgehead atoms. The number of carbonyl (C=O) groups excluding carboxylic acids is 1. The van der Waals surface area contributed by atoms with Crippen molar-refractivity contribution in [3.05, 3.63) is 57.8 Å². The maximum absolute atomic E-state index is 12.1. The van der Waals surface area contributed by atoms with Crippen LogP contribution in [0.2, 0.25) is 0 Å². The summed E-state index contributed by atoms with van der Waals surface area (Å²) in [7, 11) is 0. The van der Waals surface area contributed by atoms with Crippen molar-refractivity contribution in [2.24, 2.45) is 0 Å². The molecule has 1 aromatic heterocycles. The molecule has 0 aliphatic rings.